The van der Waals surface area contributed by atoms with Crippen molar-refractivity contribution in [3.05, 3.63) is 65.0 Å². The van der Waals surface area contributed by atoms with Crippen LogP contribution in [-0.4, -0.2) is 30.3 Å². The molecule has 0 N–H and O–H groups in total. The van der Waals surface area contributed by atoms with Gasteiger partial charge in [-0.05, 0) is 54.8 Å². The zero-order chi connectivity index (χ0) is 18.1. The van der Waals surface area contributed by atoms with E-state index in [1.165, 1.54) is 12.1 Å². The van der Waals surface area contributed by atoms with Crippen molar-refractivity contribution in [2.75, 3.05) is 18.5 Å². The lowest BCUT2D eigenvalue weighted by Gasteiger charge is -2.26. The summed E-state index contributed by atoms with van der Waals surface area (Å²) in [6.45, 7) is 4.12. The van der Waals surface area contributed by atoms with E-state index in [0.717, 1.165) is 23.2 Å². The Bertz CT molecular complexity index is 817. The fraction of sp³-hybridized carbons (Fsp3) is 0.300. The Labute approximate surface area is 146 Å². The van der Waals surface area contributed by atoms with E-state index >= 15 is 0 Å². The number of carbonyl (C=O) groups is 2. The third kappa shape index (κ3) is 3.27. The lowest BCUT2D eigenvalue weighted by molar-refractivity contribution is -0.116. The molecule has 0 fully saturated rings. The number of fused-ring (bicyclic) bond motifs is 1. The summed E-state index contributed by atoms with van der Waals surface area (Å²) in [5.41, 5.74) is 3.38. The largest absolute Gasteiger partial charge is 0.335 e. The van der Waals surface area contributed by atoms with E-state index in [2.05, 4.69) is 0 Å². The molecule has 1 heterocycles. The second kappa shape index (κ2) is 6.67. The fourth-order valence-corrected chi connectivity index (χ4v) is 3.21. The van der Waals surface area contributed by atoms with Gasteiger partial charge in [0.15, 0.2) is 0 Å². The first-order chi connectivity index (χ1) is 11.9. The highest BCUT2D eigenvalue weighted by Crippen LogP contribution is 2.30. The second-order valence-electron chi connectivity index (χ2n) is 6.41. The number of rotatable bonds is 3. The van der Waals surface area contributed by atoms with E-state index in [0.29, 0.717) is 12.1 Å². The minimum Gasteiger partial charge on any atom is -0.335 e. The highest BCUT2D eigenvalue weighted by atomic mass is 19.1. The molecule has 0 spiro atoms. The third-order valence-electron chi connectivity index (χ3n) is 4.86. The number of nitrogens with zero attached hydrogens (tertiary/aromatic N) is 2. The van der Waals surface area contributed by atoms with Crippen LogP contribution in [0.4, 0.5) is 10.1 Å². The van der Waals surface area contributed by atoms with Crippen molar-refractivity contribution in [1.29, 1.82) is 0 Å². The van der Waals surface area contributed by atoms with Crippen molar-refractivity contribution in [3.8, 4) is 0 Å². The molecule has 1 aliphatic rings. The van der Waals surface area contributed by atoms with Gasteiger partial charge in [0, 0.05) is 31.8 Å². The Kier molecular flexibility index (Phi) is 4.57. The summed E-state index contributed by atoms with van der Waals surface area (Å²) in [6.07, 6.45) is 0.757. The van der Waals surface area contributed by atoms with Gasteiger partial charge in [0.1, 0.15) is 5.82 Å². The third-order valence-corrected chi connectivity index (χ3v) is 4.86. The van der Waals surface area contributed by atoms with Gasteiger partial charge in [-0.15, -0.1) is 0 Å². The highest BCUT2D eigenvalue weighted by Gasteiger charge is 2.25. The van der Waals surface area contributed by atoms with Gasteiger partial charge in [0.25, 0.3) is 5.91 Å². The Morgan fingerprint density at radius 2 is 1.84 bits per heavy atom. The van der Waals surface area contributed by atoms with Crippen LogP contribution >= 0.6 is 0 Å². The second-order valence-corrected chi connectivity index (χ2v) is 6.41. The molecule has 2 amide bonds. The van der Waals surface area contributed by atoms with Gasteiger partial charge in [-0.1, -0.05) is 12.1 Å². The predicted molar refractivity (Wildman–Crippen MR) is 95.1 cm³/mol. The molecule has 0 radical (unpaired) electrons. The molecule has 2 aromatic rings. The molecule has 0 bridgehead atoms. The Balaban J connectivity index is 1.81. The van der Waals surface area contributed by atoms with Crippen LogP contribution in [0.5, 0.6) is 0 Å². The van der Waals surface area contributed by atoms with Crippen LogP contribution in [0, 0.1) is 5.82 Å². The van der Waals surface area contributed by atoms with Gasteiger partial charge >= 0.3 is 0 Å². The van der Waals surface area contributed by atoms with E-state index in [4.69, 9.17) is 0 Å². The normalized spacial score (nSPS) is 14.2. The fourth-order valence-electron chi connectivity index (χ4n) is 3.21. The molecule has 0 saturated heterocycles. The maximum absolute atomic E-state index is 13.1. The molecule has 130 valence electrons. The molecule has 0 aliphatic carbocycles. The number of halogens is 1. The number of hydrogen-bond donors (Lipinski definition) is 0. The number of anilines is 1. The van der Waals surface area contributed by atoms with Gasteiger partial charge in [-0.25, -0.2) is 4.39 Å². The highest BCUT2D eigenvalue weighted by molar-refractivity contribution is 5.98. The molecule has 5 heteroatoms. The Morgan fingerprint density at radius 1 is 1.16 bits per heavy atom. The number of benzene rings is 2. The van der Waals surface area contributed by atoms with Crippen LogP contribution in [0.2, 0.25) is 0 Å². The number of hydrogen-bond acceptors (Lipinski definition) is 2. The van der Waals surface area contributed by atoms with Crippen LogP contribution in [0.1, 0.15) is 41.4 Å². The van der Waals surface area contributed by atoms with Crippen LogP contribution in [0.3, 0.4) is 0 Å². The van der Waals surface area contributed by atoms with Crippen molar-refractivity contribution in [1.82, 2.24) is 4.90 Å². The zero-order valence-electron chi connectivity index (χ0n) is 14.6. The molecular weight excluding hydrogens is 319 g/mol. The summed E-state index contributed by atoms with van der Waals surface area (Å²) >= 11 is 0. The standard InChI is InChI=1S/C20H21FN2O2/c1-13(15-4-7-18(21)8-5-15)22(3)20(25)17-6-9-19-16(12-17)10-11-23(19)14(2)24/h4-9,12-13H,10-11H2,1-3H3. The maximum atomic E-state index is 13.1. The molecule has 2 aromatic carbocycles. The van der Waals surface area contributed by atoms with Crippen molar-refractivity contribution in [2.45, 2.75) is 26.3 Å². The van der Waals surface area contributed by atoms with E-state index in [1.807, 2.05) is 19.1 Å². The van der Waals surface area contributed by atoms with Gasteiger partial charge in [-0.3, -0.25) is 9.59 Å². The van der Waals surface area contributed by atoms with Gasteiger partial charge in [0.2, 0.25) is 5.91 Å². The first-order valence-corrected chi connectivity index (χ1v) is 8.32. The summed E-state index contributed by atoms with van der Waals surface area (Å²) < 4.78 is 13.1. The smallest absolute Gasteiger partial charge is 0.254 e. The summed E-state index contributed by atoms with van der Waals surface area (Å²) in [7, 11) is 1.74. The SMILES string of the molecule is CC(=O)N1CCc2cc(C(=O)N(C)C(C)c3ccc(F)cc3)ccc21. The summed E-state index contributed by atoms with van der Waals surface area (Å²) in [5.74, 6) is -0.376. The molecule has 1 atom stereocenters. The molecule has 1 unspecified atom stereocenters. The van der Waals surface area contributed by atoms with E-state index < -0.39 is 0 Å². The summed E-state index contributed by atoms with van der Waals surface area (Å²) in [6, 6.07) is 11.5. The minimum atomic E-state index is -0.293. The number of amides is 2. The summed E-state index contributed by atoms with van der Waals surface area (Å²) in [5, 5.41) is 0. The van der Waals surface area contributed by atoms with Gasteiger partial charge < -0.3 is 9.80 Å². The minimum absolute atomic E-state index is 0.0138. The van der Waals surface area contributed by atoms with E-state index in [1.54, 1.807) is 42.0 Å². The molecule has 3 rings (SSSR count). The average Bonchev–Trinajstić information content (AvgIpc) is 3.04. The van der Waals surface area contributed by atoms with Crippen LogP contribution < -0.4 is 4.90 Å². The quantitative estimate of drug-likeness (QED) is 0.857. The monoisotopic (exact) mass is 340 g/mol. The van der Waals surface area contributed by atoms with Gasteiger partial charge in [0.05, 0.1) is 6.04 Å². The van der Waals surface area contributed by atoms with Crippen LogP contribution in [0.25, 0.3) is 0 Å². The lowest BCUT2D eigenvalue weighted by Crippen LogP contribution is -2.29. The molecule has 0 saturated carbocycles. The zero-order valence-corrected chi connectivity index (χ0v) is 14.6. The molecule has 25 heavy (non-hydrogen) atoms. The summed E-state index contributed by atoms with van der Waals surface area (Å²) in [4.78, 5) is 27.8. The average molecular weight is 340 g/mol. The van der Waals surface area contributed by atoms with Gasteiger partial charge in [-0.2, -0.15) is 0 Å². The van der Waals surface area contributed by atoms with E-state index in [9.17, 15) is 14.0 Å². The Morgan fingerprint density at radius 3 is 2.48 bits per heavy atom. The van der Waals surface area contributed by atoms with Crippen molar-refractivity contribution < 1.29 is 14.0 Å². The first kappa shape index (κ1) is 17.1. The van der Waals surface area contributed by atoms with Crippen LogP contribution in [-0.2, 0) is 11.2 Å². The molecular formula is C20H21FN2O2. The van der Waals surface area contributed by atoms with Crippen molar-refractivity contribution in [2.24, 2.45) is 0 Å². The van der Waals surface area contributed by atoms with Crippen molar-refractivity contribution >= 4 is 17.5 Å². The van der Waals surface area contributed by atoms with E-state index in [-0.39, 0.29) is 23.7 Å². The number of carbonyl (C=O) groups excluding carboxylic acids is 2. The molecule has 1 aliphatic heterocycles. The topological polar surface area (TPSA) is 40.6 Å². The maximum Gasteiger partial charge on any atom is 0.254 e. The lowest BCUT2D eigenvalue weighted by atomic mass is 10.0. The van der Waals surface area contributed by atoms with Crippen LogP contribution in [0.15, 0.2) is 42.5 Å². The predicted octanol–water partition coefficient (Wildman–Crippen LogP) is 3.57. The molecule has 0 aromatic heterocycles. The van der Waals surface area contributed by atoms with Crippen molar-refractivity contribution in [3.63, 3.8) is 0 Å². The first-order valence-electron chi connectivity index (χ1n) is 8.32. The molecule has 4 nitrogen and oxygen atoms in total. The Hall–Kier alpha value is -2.69.